The monoisotopic (exact) mass is 1410 g/mol. The molecule has 0 aliphatic heterocycles. The Morgan fingerprint density at radius 1 is 0.473 bits per heavy atom. The summed E-state index contributed by atoms with van der Waals surface area (Å²) in [4.78, 5) is 20.9. The van der Waals surface area contributed by atoms with Crippen molar-refractivity contribution in [2.45, 2.75) is 180 Å². The van der Waals surface area contributed by atoms with E-state index in [-0.39, 0.29) is 64.7 Å². The van der Waals surface area contributed by atoms with Gasteiger partial charge >= 0.3 is 45.5 Å². The molecule has 0 aliphatic rings. The van der Waals surface area contributed by atoms with Gasteiger partial charge in [0, 0.05) is 57.0 Å². The average molecular weight is 1410 g/mol. The molecule has 0 heterocycles. The average Bonchev–Trinajstić information content (AvgIpc) is 0.893. The molecule has 0 radical (unpaired) electrons. The fraction of sp³-hybridized carbons (Fsp3) is 0.677. The summed E-state index contributed by atoms with van der Waals surface area (Å²) in [5.74, 6) is 1.88. The first kappa shape index (κ1) is 90.3. The molecular formula is C65H120MgN4O18SSi4. The van der Waals surface area contributed by atoms with E-state index in [0.717, 1.165) is 17.4 Å². The van der Waals surface area contributed by atoms with Crippen LogP contribution in [0.5, 0.6) is 17.2 Å². The van der Waals surface area contributed by atoms with Crippen LogP contribution in [0, 0.1) is 0 Å². The number of hydrogen-bond acceptors (Lipinski definition) is 21. The van der Waals surface area contributed by atoms with Crippen LogP contribution >= 0.6 is 0 Å². The van der Waals surface area contributed by atoms with Crippen molar-refractivity contribution < 1.29 is 83.5 Å². The quantitative estimate of drug-likeness (QED) is 0.00789. The van der Waals surface area contributed by atoms with Gasteiger partial charge in [0.15, 0.2) is 59.9 Å². The van der Waals surface area contributed by atoms with Crippen molar-refractivity contribution in [3.63, 3.8) is 0 Å². The second kappa shape index (κ2) is 44.3. The molecule has 0 fully saturated rings. The molecule has 28 heteroatoms. The van der Waals surface area contributed by atoms with E-state index in [2.05, 4.69) is 140 Å². The molecule has 0 aromatic heterocycles. The zero-order valence-corrected chi connectivity index (χ0v) is 67.0. The summed E-state index contributed by atoms with van der Waals surface area (Å²) >= 11 is 0.671. The van der Waals surface area contributed by atoms with Crippen LogP contribution in [-0.2, 0) is 57.8 Å². The van der Waals surface area contributed by atoms with Gasteiger partial charge in [0.25, 0.3) is 0 Å². The van der Waals surface area contributed by atoms with Crippen LogP contribution in [0.15, 0.2) is 82.8 Å². The van der Waals surface area contributed by atoms with Crippen LogP contribution in [0.4, 0.5) is 0 Å². The maximum atomic E-state index is 10.6. The second-order valence-corrected chi connectivity index (χ2v) is 50.9. The molecule has 0 spiro atoms. The number of hydrogen-bond donors (Lipinski definition) is 4. The number of rotatable bonds is 38. The first-order chi connectivity index (χ1) is 43.0. The predicted octanol–water partition coefficient (Wildman–Crippen LogP) is 12.4. The van der Waals surface area contributed by atoms with Gasteiger partial charge in [-0.1, -0.05) is 119 Å². The molecule has 0 saturated heterocycles. The van der Waals surface area contributed by atoms with Crippen LogP contribution < -0.4 is 25.7 Å². The van der Waals surface area contributed by atoms with Gasteiger partial charge in [0.2, 0.25) is 0 Å². The summed E-state index contributed by atoms with van der Waals surface area (Å²) in [6.45, 7) is 49.8. The van der Waals surface area contributed by atoms with Crippen molar-refractivity contribution in [3.8, 4) is 17.2 Å². The van der Waals surface area contributed by atoms with Gasteiger partial charge < -0.3 is 71.8 Å². The van der Waals surface area contributed by atoms with Gasteiger partial charge in [0.05, 0.1) is 83.7 Å². The number of carbonyl (C=O) groups excluding carboxylic acids is 1. The molecule has 5 atom stereocenters. The van der Waals surface area contributed by atoms with E-state index in [1.54, 1.807) is 45.6 Å². The van der Waals surface area contributed by atoms with E-state index >= 15 is 0 Å². The molecule has 3 aromatic carbocycles. The molecule has 3 aromatic rings. The summed E-state index contributed by atoms with van der Waals surface area (Å²) < 4.78 is 94.9. The summed E-state index contributed by atoms with van der Waals surface area (Å²) in [6.07, 6.45) is 4.46. The molecule has 22 nitrogen and oxygen atoms in total. The van der Waals surface area contributed by atoms with Gasteiger partial charge in [-0.3, -0.25) is 14.8 Å². The molecule has 0 bridgehead atoms. The van der Waals surface area contributed by atoms with E-state index in [9.17, 15) is 9.00 Å². The first-order valence-corrected chi connectivity index (χ1v) is 46.3. The van der Waals surface area contributed by atoms with Gasteiger partial charge in [-0.15, -0.1) is 0 Å². The number of nitrogens with two attached hydrogens (primary N) is 2. The number of benzene rings is 3. The Morgan fingerprint density at radius 2 is 0.720 bits per heavy atom. The minimum atomic E-state index is -3.33. The van der Waals surface area contributed by atoms with E-state index in [1.807, 2.05) is 61.0 Å². The number of nitrogens with zero attached hydrogens (tertiary/aromatic N) is 2. The third kappa shape index (κ3) is 37.7. The molecule has 532 valence electrons. The van der Waals surface area contributed by atoms with Crippen LogP contribution in [0.3, 0.4) is 0 Å². The molecular weight excluding hydrogens is 1290 g/mol. The standard InChI is InChI=1S/C38H64N2O8Si2.C16H40N2O2Si2.C11H14O4.Mg.H2O4S/c1-37(2,3)49(9,10)47-27-33(39-25-31-17-13-15-19-35(31)45-29-43-23-21-41-7)34(28-48-50(11,12)38(4,5)6)40-26-32-18-14-16-20-36(32)46-30-44-24-22-42-8;1-15(2,3)21(7,8)19-11-13(17)14(18)12-20-22(9,10)16(4,5)6;1-13-6-7-14-9-15-11-5-3-2-4-10(11)8-12;;1-4-5(2)3/h13-20,25-26,33-34H,21-24,27-30H2,1-12H3;13-14H,11-12,17-18H2,1-10H3;2-5,8H,6-7,9H2,1H3;;1H,(H,2,3)/t33-,34-;13-,14-;;;/m00.../s1. The van der Waals surface area contributed by atoms with Gasteiger partial charge in [0.1, 0.15) is 17.2 Å². The number of carbonyl (C=O) groups is 1. The Kier molecular flexibility index (Phi) is 43.0. The Labute approximate surface area is 574 Å². The van der Waals surface area contributed by atoms with Crippen molar-refractivity contribution in [2.75, 3.05) is 108 Å². The minimum absolute atomic E-state index is 0.0303. The summed E-state index contributed by atoms with van der Waals surface area (Å²) in [5, 5.41) is 7.82. The van der Waals surface area contributed by atoms with Gasteiger partial charge in [-0.05, 0) is 109 Å². The third-order valence-electron chi connectivity index (χ3n) is 16.7. The summed E-state index contributed by atoms with van der Waals surface area (Å²) in [6, 6.07) is 21.5. The Bertz CT molecular complexity index is 2560. The maximum absolute atomic E-state index is 10.6. The van der Waals surface area contributed by atoms with Crippen LogP contribution in [0.25, 0.3) is 0 Å². The van der Waals surface area contributed by atoms with Crippen LogP contribution in [0.1, 0.15) is 105 Å². The topological polar surface area (TPSA) is 281 Å². The Morgan fingerprint density at radius 3 is 0.968 bits per heavy atom. The molecule has 0 aliphatic carbocycles. The molecule has 93 heavy (non-hydrogen) atoms. The molecule has 3 rings (SSSR count). The summed E-state index contributed by atoms with van der Waals surface area (Å²) in [5.41, 5.74) is 14.6. The van der Waals surface area contributed by atoms with Crippen LogP contribution in [-0.4, -0.2) is 218 Å². The van der Waals surface area contributed by atoms with Crippen molar-refractivity contribution in [1.82, 2.24) is 0 Å². The van der Waals surface area contributed by atoms with Crippen molar-refractivity contribution >= 4 is 79.1 Å². The van der Waals surface area contributed by atoms with E-state index in [0.29, 0.717) is 109 Å². The Hall–Kier alpha value is -2.75. The zero-order chi connectivity index (χ0) is 71.4. The third-order valence-corrected chi connectivity index (χ3v) is 35.3. The number of methoxy groups -OCH3 is 3. The Balaban J connectivity index is 0.00000159. The van der Waals surface area contributed by atoms with E-state index in [1.165, 1.54) is 0 Å². The normalized spacial score (nSPS) is 14.8. The van der Waals surface area contributed by atoms with E-state index in [4.69, 9.17) is 91.6 Å². The molecule has 0 saturated carbocycles. The number of para-hydroxylation sites is 3. The summed E-state index contributed by atoms with van der Waals surface area (Å²) in [7, 11) is -6.23. The molecule has 1 unspecified atom stereocenters. The fourth-order valence-corrected chi connectivity index (χ4v) is 10.4. The second-order valence-electron chi connectivity index (χ2n) is 28.2. The molecule has 0 amide bonds. The van der Waals surface area contributed by atoms with Gasteiger partial charge in [-0.2, -0.15) is 0 Å². The van der Waals surface area contributed by atoms with E-state index < -0.39 is 40.6 Å². The van der Waals surface area contributed by atoms with Crippen molar-refractivity contribution in [2.24, 2.45) is 21.5 Å². The number of aldehydes is 1. The number of ether oxygens (including phenoxy) is 9. The zero-order valence-electron chi connectivity index (χ0n) is 60.8. The predicted molar refractivity (Wildman–Crippen MR) is 386 cm³/mol. The molecule has 6 N–H and O–H groups in total. The number of aliphatic imine (C=N–C) groups is 2. The first-order valence-electron chi connectivity index (χ1n) is 31.3. The van der Waals surface area contributed by atoms with Crippen molar-refractivity contribution in [3.05, 3.63) is 89.5 Å². The van der Waals surface area contributed by atoms with Crippen LogP contribution in [0.2, 0.25) is 72.5 Å². The SMILES string of the molecule is CC(C)(C)[Si](C)(C)OC[C@H](N)[C@@H](N)CO[Si](C)(C)C(C)(C)C.COCCOCOc1ccccc1C=N[C@@H](CO[Si](C)(C)C(C)(C)C)[C@H](CO[Si](C)(C)C(C)(C)C)N=Cc1ccccc1OCOCCOC.COCCOCOc1ccccc1C=O.O=[S](O)(=[Mg])OO. The fourth-order valence-electron chi connectivity index (χ4n) is 6.23. The van der Waals surface area contributed by atoms with Crippen molar-refractivity contribution in [1.29, 1.82) is 0 Å². The van der Waals surface area contributed by atoms with Gasteiger partial charge in [-0.25, -0.2) is 0 Å².